The number of hydrogen-bond acceptors (Lipinski definition) is 8. The number of nitrogens with zero attached hydrogens (tertiary/aromatic N) is 3. The smallest absolute Gasteiger partial charge is 0.266 e. The molecule has 0 atom stereocenters. The van der Waals surface area contributed by atoms with E-state index in [9.17, 15) is 9.59 Å². The lowest BCUT2D eigenvalue weighted by molar-refractivity contribution is -0.122. The summed E-state index contributed by atoms with van der Waals surface area (Å²) in [6, 6.07) is 7.85. The van der Waals surface area contributed by atoms with Crippen LogP contribution in [0.15, 0.2) is 29.2 Å². The number of carbonyl (C=O) groups is 2. The Morgan fingerprint density at radius 2 is 2.00 bits per heavy atom. The Kier molecular flexibility index (Phi) is 8.69. The Morgan fingerprint density at radius 3 is 2.71 bits per heavy atom. The van der Waals surface area contributed by atoms with Gasteiger partial charge in [0.05, 0.1) is 11.0 Å². The normalized spacial score (nSPS) is 18.0. The van der Waals surface area contributed by atoms with Gasteiger partial charge in [0.1, 0.15) is 15.1 Å². The van der Waals surface area contributed by atoms with Crippen molar-refractivity contribution in [3.63, 3.8) is 0 Å². The van der Waals surface area contributed by atoms with E-state index in [2.05, 4.69) is 15.5 Å². The van der Waals surface area contributed by atoms with Crippen LogP contribution >= 0.6 is 35.3 Å². The first kappa shape index (κ1) is 24.8. The largest absolute Gasteiger partial charge is 0.490 e. The van der Waals surface area contributed by atoms with Gasteiger partial charge in [-0.1, -0.05) is 60.8 Å². The third kappa shape index (κ3) is 6.64. The van der Waals surface area contributed by atoms with E-state index >= 15 is 0 Å². The van der Waals surface area contributed by atoms with E-state index in [0.717, 1.165) is 35.6 Å². The summed E-state index contributed by atoms with van der Waals surface area (Å²) in [5.41, 5.74) is 0.930. The van der Waals surface area contributed by atoms with E-state index in [1.165, 1.54) is 42.4 Å². The molecule has 10 heteroatoms. The van der Waals surface area contributed by atoms with Crippen LogP contribution < -0.4 is 10.1 Å². The van der Waals surface area contributed by atoms with Gasteiger partial charge < -0.3 is 10.1 Å². The van der Waals surface area contributed by atoms with Gasteiger partial charge in [0.2, 0.25) is 11.0 Å². The van der Waals surface area contributed by atoms with Crippen molar-refractivity contribution in [1.82, 2.24) is 15.1 Å². The fourth-order valence-electron chi connectivity index (χ4n) is 3.89. The van der Waals surface area contributed by atoms with Crippen molar-refractivity contribution in [3.05, 3.63) is 39.7 Å². The molecule has 2 aromatic rings. The average molecular weight is 517 g/mol. The lowest BCUT2D eigenvalue weighted by atomic mass is 9.98. The van der Waals surface area contributed by atoms with Crippen LogP contribution in [0, 0.1) is 0 Å². The maximum atomic E-state index is 12.9. The van der Waals surface area contributed by atoms with Gasteiger partial charge in [0, 0.05) is 13.0 Å². The molecule has 1 saturated carbocycles. The number of aromatic nitrogens is 2. The van der Waals surface area contributed by atoms with Crippen LogP contribution in [0.5, 0.6) is 5.75 Å². The molecule has 1 aromatic heterocycles. The molecule has 34 heavy (non-hydrogen) atoms. The van der Waals surface area contributed by atoms with Gasteiger partial charge in [-0.25, -0.2) is 0 Å². The number of nitrogens with one attached hydrogen (secondary N) is 1. The van der Waals surface area contributed by atoms with Crippen LogP contribution in [0.4, 0.5) is 5.13 Å². The van der Waals surface area contributed by atoms with E-state index in [0.29, 0.717) is 33.4 Å². The minimum Gasteiger partial charge on any atom is -0.490 e. The Hall–Kier alpha value is -2.30. The third-order valence-electron chi connectivity index (χ3n) is 5.71. The summed E-state index contributed by atoms with van der Waals surface area (Å²) >= 11 is 8.08. The minimum absolute atomic E-state index is 0.116. The monoisotopic (exact) mass is 516 g/mol. The van der Waals surface area contributed by atoms with E-state index in [4.69, 9.17) is 17.0 Å². The number of thiocarbonyl (C=S) groups is 1. The van der Waals surface area contributed by atoms with E-state index in [1.54, 1.807) is 4.90 Å². The van der Waals surface area contributed by atoms with Crippen molar-refractivity contribution in [2.75, 3.05) is 11.9 Å². The van der Waals surface area contributed by atoms with Gasteiger partial charge >= 0.3 is 0 Å². The summed E-state index contributed by atoms with van der Waals surface area (Å²) in [5, 5.41) is 12.1. The molecule has 0 unspecified atom stereocenters. The van der Waals surface area contributed by atoms with Crippen LogP contribution in [-0.2, 0) is 16.0 Å². The first-order valence-electron chi connectivity index (χ1n) is 11.7. The van der Waals surface area contributed by atoms with Crippen molar-refractivity contribution in [2.24, 2.45) is 0 Å². The van der Waals surface area contributed by atoms with Crippen molar-refractivity contribution in [1.29, 1.82) is 0 Å². The molecule has 0 radical (unpaired) electrons. The predicted molar refractivity (Wildman–Crippen MR) is 141 cm³/mol. The van der Waals surface area contributed by atoms with Crippen LogP contribution in [0.1, 0.15) is 62.4 Å². The second kappa shape index (κ2) is 11.9. The third-order valence-corrected chi connectivity index (χ3v) is 8.07. The zero-order valence-corrected chi connectivity index (χ0v) is 21.6. The highest BCUT2D eigenvalue weighted by molar-refractivity contribution is 8.26. The van der Waals surface area contributed by atoms with Crippen LogP contribution in [0.3, 0.4) is 0 Å². The minimum atomic E-state index is -0.143. The molecule has 4 rings (SSSR count). The summed E-state index contributed by atoms with van der Waals surface area (Å²) in [7, 11) is 0. The standard InChI is InChI=1S/C24H28N4O3S3/c1-2-21-26-27-23(34-21)25-20(29)9-6-14-28-22(30)19(33-24(28)32)15-16-10-12-18(13-11-16)31-17-7-4-3-5-8-17/h10-13,15,17H,2-9,14H2,1H3,(H,25,27,29)/b19-15-. The van der Waals surface area contributed by atoms with E-state index in [-0.39, 0.29) is 18.2 Å². The summed E-state index contributed by atoms with van der Waals surface area (Å²) in [5.74, 6) is 0.610. The molecule has 2 amide bonds. The molecule has 0 bridgehead atoms. The molecular formula is C24H28N4O3S3. The SMILES string of the molecule is CCc1nnc(NC(=O)CCCN2C(=O)/C(=C/c3ccc(OC4CCCCC4)cc3)SC2=S)s1. The van der Waals surface area contributed by atoms with Gasteiger partial charge in [-0.15, -0.1) is 10.2 Å². The molecule has 2 heterocycles. The molecule has 1 aliphatic heterocycles. The van der Waals surface area contributed by atoms with Gasteiger partial charge in [-0.05, 0) is 62.3 Å². The Balaban J connectivity index is 1.26. The second-order valence-electron chi connectivity index (χ2n) is 8.29. The topological polar surface area (TPSA) is 84.4 Å². The summed E-state index contributed by atoms with van der Waals surface area (Å²) in [6.07, 6.45) is 9.75. The van der Waals surface area contributed by atoms with Crippen molar-refractivity contribution in [3.8, 4) is 5.75 Å². The number of benzene rings is 1. The molecular weight excluding hydrogens is 488 g/mol. The van der Waals surface area contributed by atoms with E-state index < -0.39 is 0 Å². The van der Waals surface area contributed by atoms with Gasteiger partial charge in [-0.3, -0.25) is 14.5 Å². The Bertz CT molecular complexity index is 1060. The maximum Gasteiger partial charge on any atom is 0.266 e. The van der Waals surface area contributed by atoms with Gasteiger partial charge in [0.25, 0.3) is 5.91 Å². The van der Waals surface area contributed by atoms with Crippen LogP contribution in [0.2, 0.25) is 0 Å². The zero-order valence-electron chi connectivity index (χ0n) is 19.1. The first-order chi connectivity index (χ1) is 16.5. The molecule has 1 aromatic carbocycles. The summed E-state index contributed by atoms with van der Waals surface area (Å²) in [4.78, 5) is 27.2. The molecule has 1 saturated heterocycles. The number of ether oxygens (including phenoxy) is 1. The predicted octanol–water partition coefficient (Wildman–Crippen LogP) is 5.43. The van der Waals surface area contributed by atoms with Crippen molar-refractivity contribution < 1.29 is 14.3 Å². The van der Waals surface area contributed by atoms with Crippen LogP contribution in [0.25, 0.3) is 6.08 Å². The lowest BCUT2D eigenvalue weighted by Gasteiger charge is -2.22. The number of hydrogen-bond donors (Lipinski definition) is 1. The fourth-order valence-corrected chi connectivity index (χ4v) is 5.89. The molecule has 1 aliphatic carbocycles. The molecule has 0 spiro atoms. The molecule has 2 fully saturated rings. The molecule has 1 N–H and O–H groups in total. The van der Waals surface area contributed by atoms with Crippen LogP contribution in [-0.4, -0.2) is 43.9 Å². The summed E-state index contributed by atoms with van der Waals surface area (Å²) in [6.45, 7) is 2.39. The lowest BCUT2D eigenvalue weighted by Crippen LogP contribution is -2.29. The number of rotatable bonds is 9. The highest BCUT2D eigenvalue weighted by atomic mass is 32.2. The number of aryl methyl sites for hydroxylation is 1. The number of amides is 2. The van der Waals surface area contributed by atoms with Gasteiger partial charge in [-0.2, -0.15) is 0 Å². The highest BCUT2D eigenvalue weighted by Gasteiger charge is 2.31. The number of thioether (sulfide) groups is 1. The quantitative estimate of drug-likeness (QED) is 0.351. The van der Waals surface area contributed by atoms with Crippen molar-refractivity contribution >= 4 is 62.7 Å². The summed E-state index contributed by atoms with van der Waals surface area (Å²) < 4.78 is 6.60. The van der Waals surface area contributed by atoms with Crippen molar-refractivity contribution in [2.45, 2.75) is 64.4 Å². The Labute approximate surface area is 213 Å². The molecule has 2 aliphatic rings. The zero-order chi connectivity index (χ0) is 23.9. The highest BCUT2D eigenvalue weighted by Crippen LogP contribution is 2.33. The number of carbonyl (C=O) groups excluding carboxylic acids is 2. The maximum absolute atomic E-state index is 12.9. The second-order valence-corrected chi connectivity index (χ2v) is 11.0. The molecule has 7 nitrogen and oxygen atoms in total. The number of anilines is 1. The average Bonchev–Trinajstić information content (AvgIpc) is 3.40. The van der Waals surface area contributed by atoms with E-state index in [1.807, 2.05) is 37.3 Å². The Morgan fingerprint density at radius 1 is 1.24 bits per heavy atom. The first-order valence-corrected chi connectivity index (χ1v) is 13.7. The van der Waals surface area contributed by atoms with Gasteiger partial charge in [0.15, 0.2) is 0 Å². The molecule has 180 valence electrons. The fraction of sp³-hybridized carbons (Fsp3) is 0.458.